The number of rotatable bonds is 5. The van der Waals surface area contributed by atoms with Crippen LogP contribution in [-0.4, -0.2) is 29.9 Å². The smallest absolute Gasteiger partial charge is 0.323 e. The van der Waals surface area contributed by atoms with Gasteiger partial charge in [-0.15, -0.1) is 0 Å². The first kappa shape index (κ1) is 14.8. The van der Waals surface area contributed by atoms with Crippen LogP contribution in [0, 0.1) is 0 Å². The number of nitrogens with one attached hydrogen (secondary N) is 1. The highest BCUT2D eigenvalue weighted by Gasteiger charge is 2.16. The highest BCUT2D eigenvalue weighted by molar-refractivity contribution is 6.10. The van der Waals surface area contributed by atoms with Crippen LogP contribution in [0.15, 0.2) is 70.3 Å². The molecule has 0 saturated carbocycles. The number of para-hydroxylation sites is 1. The van der Waals surface area contributed by atoms with Crippen LogP contribution in [0.5, 0.6) is 0 Å². The van der Waals surface area contributed by atoms with Crippen LogP contribution in [0.4, 0.5) is 11.7 Å². The van der Waals surface area contributed by atoms with E-state index in [-0.39, 0.29) is 0 Å². The van der Waals surface area contributed by atoms with Gasteiger partial charge in [0.05, 0.1) is 5.69 Å². The molecule has 0 fully saturated rings. The Morgan fingerprint density at radius 2 is 1.65 bits per heavy atom. The molecule has 3 rings (SSSR count). The second-order valence-corrected chi connectivity index (χ2v) is 5.10. The fourth-order valence-electron chi connectivity index (χ4n) is 1.97. The third-order valence-electron chi connectivity index (χ3n) is 3.13. The summed E-state index contributed by atoms with van der Waals surface area (Å²) in [6.07, 6.45) is 0. The van der Waals surface area contributed by atoms with Gasteiger partial charge in [-0.3, -0.25) is 5.43 Å². The highest BCUT2D eigenvalue weighted by atomic mass is 16.5. The lowest BCUT2D eigenvalue weighted by molar-refractivity contribution is 0.420. The lowest BCUT2D eigenvalue weighted by atomic mass is 10.1. The van der Waals surface area contributed by atoms with Crippen molar-refractivity contribution in [2.75, 3.05) is 24.4 Å². The third-order valence-corrected chi connectivity index (χ3v) is 3.13. The number of aromatic nitrogens is 2. The Kier molecular flexibility index (Phi) is 4.33. The molecule has 0 amide bonds. The number of nitrogens with zero attached hydrogens (tertiary/aromatic N) is 4. The number of hydrazone groups is 1. The van der Waals surface area contributed by atoms with Crippen LogP contribution in [0.2, 0.25) is 0 Å². The van der Waals surface area contributed by atoms with Crippen LogP contribution >= 0.6 is 0 Å². The van der Waals surface area contributed by atoms with Gasteiger partial charge >= 0.3 is 6.01 Å². The molecule has 0 aliphatic carbocycles. The largest absolute Gasteiger partial charge is 0.331 e. The van der Waals surface area contributed by atoms with E-state index in [1.165, 1.54) is 0 Å². The monoisotopic (exact) mass is 307 g/mol. The molecule has 116 valence electrons. The van der Waals surface area contributed by atoms with Gasteiger partial charge in [-0.25, -0.2) is 0 Å². The molecule has 23 heavy (non-hydrogen) atoms. The minimum absolute atomic E-state index is 0.434. The van der Waals surface area contributed by atoms with Gasteiger partial charge in [-0.1, -0.05) is 53.7 Å². The van der Waals surface area contributed by atoms with Crippen LogP contribution in [-0.2, 0) is 0 Å². The molecule has 3 aromatic rings. The first-order valence-corrected chi connectivity index (χ1v) is 7.19. The van der Waals surface area contributed by atoms with Gasteiger partial charge in [0.2, 0.25) is 5.82 Å². The van der Waals surface area contributed by atoms with Gasteiger partial charge in [-0.05, 0) is 12.1 Å². The summed E-state index contributed by atoms with van der Waals surface area (Å²) >= 11 is 0. The van der Waals surface area contributed by atoms with E-state index >= 15 is 0 Å². The molecule has 0 bridgehead atoms. The fourth-order valence-corrected chi connectivity index (χ4v) is 1.97. The minimum atomic E-state index is 0.434. The zero-order valence-corrected chi connectivity index (χ0v) is 13.0. The predicted octanol–water partition coefficient (Wildman–Crippen LogP) is 3.00. The maximum absolute atomic E-state index is 5.24. The summed E-state index contributed by atoms with van der Waals surface area (Å²) in [7, 11) is 3.69. The normalized spacial score (nSPS) is 11.3. The van der Waals surface area contributed by atoms with E-state index in [1.807, 2.05) is 74.8 Å². The summed E-state index contributed by atoms with van der Waals surface area (Å²) in [6, 6.07) is 19.9. The van der Waals surface area contributed by atoms with Gasteiger partial charge < -0.3 is 9.42 Å². The molecule has 0 spiro atoms. The lowest BCUT2D eigenvalue weighted by Gasteiger charge is -2.05. The van der Waals surface area contributed by atoms with Crippen LogP contribution < -0.4 is 10.3 Å². The molecule has 0 aliphatic rings. The van der Waals surface area contributed by atoms with E-state index in [9.17, 15) is 0 Å². The van der Waals surface area contributed by atoms with Crippen molar-refractivity contribution in [2.24, 2.45) is 5.10 Å². The van der Waals surface area contributed by atoms with Crippen molar-refractivity contribution in [3.05, 3.63) is 72.1 Å². The second-order valence-electron chi connectivity index (χ2n) is 5.10. The Bertz CT molecular complexity index is 781. The summed E-state index contributed by atoms with van der Waals surface area (Å²) in [6.45, 7) is 0. The van der Waals surface area contributed by atoms with Crippen molar-refractivity contribution in [1.82, 2.24) is 10.1 Å². The number of benzene rings is 2. The fraction of sp³-hybridized carbons (Fsp3) is 0.118. The highest BCUT2D eigenvalue weighted by Crippen LogP contribution is 2.13. The summed E-state index contributed by atoms with van der Waals surface area (Å²) < 4.78 is 5.24. The molecule has 6 nitrogen and oxygen atoms in total. The quantitative estimate of drug-likeness (QED) is 0.580. The zero-order valence-electron chi connectivity index (χ0n) is 13.0. The molecule has 0 atom stereocenters. The summed E-state index contributed by atoms with van der Waals surface area (Å²) in [5, 5.41) is 8.50. The van der Waals surface area contributed by atoms with Crippen molar-refractivity contribution in [3.63, 3.8) is 0 Å². The SMILES string of the molecule is CN(C)c1nc(/C(=N\Nc2ccccc2)c2ccccc2)no1. The molecule has 1 N–H and O–H groups in total. The van der Waals surface area contributed by atoms with Gasteiger partial charge in [-0.2, -0.15) is 10.1 Å². The van der Waals surface area contributed by atoms with Crippen LogP contribution in [0.3, 0.4) is 0 Å². The molecule has 2 aromatic carbocycles. The molecular weight excluding hydrogens is 290 g/mol. The van der Waals surface area contributed by atoms with Crippen molar-refractivity contribution < 1.29 is 4.52 Å². The Morgan fingerprint density at radius 1 is 1.00 bits per heavy atom. The molecule has 1 heterocycles. The number of anilines is 2. The molecule has 0 saturated heterocycles. The summed E-state index contributed by atoms with van der Waals surface area (Å²) in [5.41, 5.74) is 5.44. The maximum Gasteiger partial charge on any atom is 0.323 e. The molecule has 0 radical (unpaired) electrons. The Hall–Kier alpha value is -3.15. The molecular formula is C17H17N5O. The van der Waals surface area contributed by atoms with Crippen molar-refractivity contribution in [2.45, 2.75) is 0 Å². The average molecular weight is 307 g/mol. The Morgan fingerprint density at radius 3 is 2.26 bits per heavy atom. The zero-order chi connectivity index (χ0) is 16.1. The van der Waals surface area contributed by atoms with Crippen LogP contribution in [0.25, 0.3) is 0 Å². The standard InChI is InChI=1S/C17H17N5O/c1-22(2)17-18-16(21-23-17)15(13-9-5-3-6-10-13)20-19-14-11-7-4-8-12-14/h3-12,19H,1-2H3/b20-15-. The lowest BCUT2D eigenvalue weighted by Crippen LogP contribution is -2.11. The number of hydrogen-bond donors (Lipinski definition) is 1. The summed E-state index contributed by atoms with van der Waals surface area (Å²) in [5.74, 6) is 0.434. The Balaban J connectivity index is 1.96. The number of hydrogen-bond acceptors (Lipinski definition) is 6. The van der Waals surface area contributed by atoms with Gasteiger partial charge in [0.15, 0.2) is 0 Å². The van der Waals surface area contributed by atoms with Gasteiger partial charge in [0.1, 0.15) is 5.71 Å². The molecule has 1 aromatic heterocycles. The average Bonchev–Trinajstić information content (AvgIpc) is 3.07. The second kappa shape index (κ2) is 6.74. The molecule has 0 unspecified atom stereocenters. The predicted molar refractivity (Wildman–Crippen MR) is 90.8 cm³/mol. The van der Waals surface area contributed by atoms with E-state index in [0.29, 0.717) is 17.6 Å². The summed E-state index contributed by atoms with van der Waals surface area (Å²) in [4.78, 5) is 6.13. The Labute approximate surface area is 134 Å². The third kappa shape index (κ3) is 3.55. The van der Waals surface area contributed by atoms with E-state index in [2.05, 4.69) is 20.7 Å². The van der Waals surface area contributed by atoms with Crippen LogP contribution in [0.1, 0.15) is 11.4 Å². The van der Waals surface area contributed by atoms with Crippen molar-refractivity contribution in [3.8, 4) is 0 Å². The minimum Gasteiger partial charge on any atom is -0.331 e. The van der Waals surface area contributed by atoms with Crippen molar-refractivity contribution in [1.29, 1.82) is 0 Å². The first-order chi connectivity index (χ1) is 11.2. The van der Waals surface area contributed by atoms with E-state index in [0.717, 1.165) is 11.3 Å². The molecule has 0 aliphatic heterocycles. The molecule has 6 heteroatoms. The topological polar surface area (TPSA) is 66.6 Å². The van der Waals surface area contributed by atoms with Gasteiger partial charge in [0, 0.05) is 19.7 Å². The maximum atomic E-state index is 5.24. The first-order valence-electron chi connectivity index (χ1n) is 7.19. The van der Waals surface area contributed by atoms with E-state index < -0.39 is 0 Å². The van der Waals surface area contributed by atoms with Gasteiger partial charge in [0.25, 0.3) is 0 Å². The van der Waals surface area contributed by atoms with E-state index in [1.54, 1.807) is 4.90 Å². The van der Waals surface area contributed by atoms with E-state index in [4.69, 9.17) is 4.52 Å². The van der Waals surface area contributed by atoms with Crippen molar-refractivity contribution >= 4 is 17.4 Å².